The predicted molar refractivity (Wildman–Crippen MR) is 72.4 cm³/mol. The predicted octanol–water partition coefficient (Wildman–Crippen LogP) is 3.58. The molecule has 3 nitrogen and oxygen atoms in total. The van der Waals surface area contributed by atoms with Crippen LogP contribution < -0.4 is 0 Å². The third kappa shape index (κ3) is 5.31. The van der Waals surface area contributed by atoms with Gasteiger partial charge in [0.05, 0.1) is 4.90 Å². The van der Waals surface area contributed by atoms with Crippen molar-refractivity contribution in [3.05, 3.63) is 65.2 Å². The summed E-state index contributed by atoms with van der Waals surface area (Å²) in [5.41, 5.74) is 0.956. The second-order valence-corrected chi connectivity index (χ2v) is 5.44. The monoisotopic (exact) mass is 284 g/mol. The van der Waals surface area contributed by atoms with Crippen LogP contribution in [0.2, 0.25) is 5.02 Å². The summed E-state index contributed by atoms with van der Waals surface area (Å²) < 4.78 is 29.6. The summed E-state index contributed by atoms with van der Waals surface area (Å²) in [6.07, 6.45) is 0. The van der Waals surface area contributed by atoms with Crippen LogP contribution in [0.1, 0.15) is 5.56 Å². The molecule has 5 heteroatoms. The van der Waals surface area contributed by atoms with E-state index in [1.807, 2.05) is 37.3 Å². The first-order valence-electron chi connectivity index (χ1n) is 5.14. The lowest BCUT2D eigenvalue weighted by Crippen LogP contribution is -1.96. The number of hydrogen-bond acceptors (Lipinski definition) is 2. The molecule has 0 saturated heterocycles. The molecule has 0 heterocycles. The molecule has 0 fully saturated rings. The molecule has 0 aliphatic rings. The molecular weight excluding hydrogens is 272 g/mol. The Morgan fingerprint density at radius 1 is 0.944 bits per heavy atom. The Balaban J connectivity index is 0.000000199. The second-order valence-electron chi connectivity index (χ2n) is 3.58. The average molecular weight is 285 g/mol. The van der Waals surface area contributed by atoms with E-state index in [1.165, 1.54) is 12.1 Å². The maximum Gasteiger partial charge on any atom is 0.294 e. The molecule has 0 unspecified atom stereocenters. The van der Waals surface area contributed by atoms with Gasteiger partial charge in [0, 0.05) is 5.02 Å². The first kappa shape index (κ1) is 14.7. The highest BCUT2D eigenvalue weighted by Gasteiger charge is 2.06. The summed E-state index contributed by atoms with van der Waals surface area (Å²) in [5, 5.41) is 0.794. The van der Waals surface area contributed by atoms with Crippen LogP contribution >= 0.6 is 11.6 Å². The highest BCUT2D eigenvalue weighted by Crippen LogP contribution is 2.08. The van der Waals surface area contributed by atoms with E-state index in [-0.39, 0.29) is 4.90 Å². The largest absolute Gasteiger partial charge is 0.294 e. The number of halogens is 1. The van der Waals surface area contributed by atoms with E-state index in [2.05, 4.69) is 0 Å². The highest BCUT2D eigenvalue weighted by molar-refractivity contribution is 7.85. The number of aryl methyl sites for hydroxylation is 1. The Kier molecular flexibility index (Phi) is 5.34. The molecule has 0 aliphatic heterocycles. The molecule has 0 aliphatic carbocycles. The summed E-state index contributed by atoms with van der Waals surface area (Å²) in [5.74, 6) is 0. The van der Waals surface area contributed by atoms with Crippen molar-refractivity contribution >= 4 is 21.7 Å². The van der Waals surface area contributed by atoms with Crippen molar-refractivity contribution in [3.8, 4) is 0 Å². The van der Waals surface area contributed by atoms with E-state index in [0.29, 0.717) is 0 Å². The fourth-order valence-corrected chi connectivity index (χ4v) is 1.75. The standard InChI is InChI=1S/C7H8O3S.C6H5Cl/c1-6-2-4-7(5-3-6)11(8,9)10;7-6-4-2-1-3-5-6/h2-5H,1H3,(H,8,9,10);1-5H. The van der Waals surface area contributed by atoms with Gasteiger partial charge >= 0.3 is 0 Å². The maximum atomic E-state index is 10.5. The lowest BCUT2D eigenvalue weighted by molar-refractivity contribution is 0.483. The molecule has 18 heavy (non-hydrogen) atoms. The molecule has 1 N–H and O–H groups in total. The molecule has 96 valence electrons. The van der Waals surface area contributed by atoms with Crippen molar-refractivity contribution in [2.24, 2.45) is 0 Å². The maximum absolute atomic E-state index is 10.5. The molecule has 0 saturated carbocycles. The molecule has 0 spiro atoms. The summed E-state index contributed by atoms with van der Waals surface area (Å²) in [6.45, 7) is 1.84. The van der Waals surface area contributed by atoms with Gasteiger partial charge in [-0.05, 0) is 31.2 Å². The molecule has 0 amide bonds. The van der Waals surface area contributed by atoms with E-state index < -0.39 is 10.1 Å². The van der Waals surface area contributed by atoms with Gasteiger partial charge in [0.2, 0.25) is 0 Å². The lowest BCUT2D eigenvalue weighted by atomic mass is 10.2. The first-order valence-corrected chi connectivity index (χ1v) is 6.96. The molecule has 2 rings (SSSR count). The smallest absolute Gasteiger partial charge is 0.282 e. The van der Waals surface area contributed by atoms with Gasteiger partial charge in [-0.25, -0.2) is 0 Å². The molecule has 0 aromatic heterocycles. The Morgan fingerprint density at radius 2 is 1.44 bits per heavy atom. The van der Waals surface area contributed by atoms with Crippen LogP contribution in [0.5, 0.6) is 0 Å². The molecule has 2 aromatic carbocycles. The summed E-state index contributed by atoms with van der Waals surface area (Å²) in [6, 6.07) is 15.4. The van der Waals surface area contributed by atoms with Gasteiger partial charge in [0.25, 0.3) is 10.1 Å². The topological polar surface area (TPSA) is 54.4 Å². The van der Waals surface area contributed by atoms with Gasteiger partial charge in [-0.15, -0.1) is 0 Å². The number of benzene rings is 2. The van der Waals surface area contributed by atoms with Gasteiger partial charge < -0.3 is 0 Å². The first-order chi connectivity index (χ1) is 8.39. The summed E-state index contributed by atoms with van der Waals surface area (Å²) in [4.78, 5) is -0.0666. The normalized spacial score (nSPS) is 10.4. The van der Waals surface area contributed by atoms with E-state index in [1.54, 1.807) is 12.1 Å². The van der Waals surface area contributed by atoms with Crippen molar-refractivity contribution in [2.45, 2.75) is 11.8 Å². The van der Waals surface area contributed by atoms with Gasteiger partial charge in [-0.3, -0.25) is 4.55 Å². The van der Waals surface area contributed by atoms with Crippen LogP contribution in [-0.2, 0) is 10.1 Å². The van der Waals surface area contributed by atoms with Crippen molar-refractivity contribution < 1.29 is 13.0 Å². The van der Waals surface area contributed by atoms with Gasteiger partial charge in [0.15, 0.2) is 0 Å². The van der Waals surface area contributed by atoms with E-state index in [9.17, 15) is 8.42 Å². The Hall–Kier alpha value is -1.36. The van der Waals surface area contributed by atoms with Crippen molar-refractivity contribution in [3.63, 3.8) is 0 Å². The zero-order chi connectivity index (χ0) is 13.6. The van der Waals surface area contributed by atoms with E-state index in [4.69, 9.17) is 16.2 Å². The zero-order valence-electron chi connectivity index (χ0n) is 9.75. The van der Waals surface area contributed by atoms with Crippen LogP contribution in [0.4, 0.5) is 0 Å². The molecule has 0 atom stereocenters. The van der Waals surface area contributed by atoms with Crippen LogP contribution in [0.15, 0.2) is 59.5 Å². The van der Waals surface area contributed by atoms with Crippen molar-refractivity contribution in [2.75, 3.05) is 0 Å². The van der Waals surface area contributed by atoms with Crippen molar-refractivity contribution in [1.82, 2.24) is 0 Å². The van der Waals surface area contributed by atoms with Gasteiger partial charge in [0.1, 0.15) is 0 Å². The fourth-order valence-electron chi connectivity index (χ4n) is 1.12. The minimum Gasteiger partial charge on any atom is -0.282 e. The van der Waals surface area contributed by atoms with Crippen LogP contribution in [0.25, 0.3) is 0 Å². The second kappa shape index (κ2) is 6.54. The van der Waals surface area contributed by atoms with Crippen LogP contribution in [0, 0.1) is 6.92 Å². The molecule has 0 radical (unpaired) electrons. The zero-order valence-corrected chi connectivity index (χ0v) is 11.3. The van der Waals surface area contributed by atoms with Crippen molar-refractivity contribution in [1.29, 1.82) is 0 Å². The van der Waals surface area contributed by atoms with Crippen LogP contribution in [-0.4, -0.2) is 13.0 Å². The molecule has 2 aromatic rings. The lowest BCUT2D eigenvalue weighted by Gasteiger charge is -1.95. The highest BCUT2D eigenvalue weighted by atomic mass is 35.5. The third-order valence-electron chi connectivity index (χ3n) is 2.05. The Bertz CT molecular complexity index is 577. The van der Waals surface area contributed by atoms with Gasteiger partial charge in [-0.2, -0.15) is 8.42 Å². The Morgan fingerprint density at radius 3 is 1.78 bits per heavy atom. The molecule has 0 bridgehead atoms. The van der Waals surface area contributed by atoms with E-state index in [0.717, 1.165) is 10.6 Å². The SMILES string of the molecule is Cc1ccc(S(=O)(=O)O)cc1.Clc1ccccc1. The Labute approximate surface area is 112 Å². The summed E-state index contributed by atoms with van der Waals surface area (Å²) >= 11 is 5.54. The van der Waals surface area contributed by atoms with Gasteiger partial charge in [-0.1, -0.05) is 47.5 Å². The number of rotatable bonds is 1. The minimum absolute atomic E-state index is 0.0666. The minimum atomic E-state index is -4.02. The quantitative estimate of drug-likeness (QED) is 0.814. The molecular formula is C13H13ClO3S. The fraction of sp³-hybridized carbons (Fsp3) is 0.0769. The summed E-state index contributed by atoms with van der Waals surface area (Å²) in [7, 11) is -4.02. The van der Waals surface area contributed by atoms with E-state index >= 15 is 0 Å². The number of hydrogen-bond donors (Lipinski definition) is 1. The third-order valence-corrected chi connectivity index (χ3v) is 3.17. The average Bonchev–Trinajstić information content (AvgIpc) is 2.30. The van der Waals surface area contributed by atoms with Crippen LogP contribution in [0.3, 0.4) is 0 Å².